The standard InChI is InChI=1S/C21H24N4O2/c1-3-17-13(2)20(24-23-17)21(27)25-11-15(19(26)12-25)10-16-9-8-14-6-4-5-7-18(14)22-16/h4-9,15,19,26H,3,10-12H2,1-2H3,(H,23,24). The summed E-state index contributed by atoms with van der Waals surface area (Å²) in [4.78, 5) is 19.2. The Morgan fingerprint density at radius 1 is 1.26 bits per heavy atom. The van der Waals surface area contributed by atoms with Crippen LogP contribution in [-0.2, 0) is 12.8 Å². The van der Waals surface area contributed by atoms with E-state index in [1.54, 1.807) is 4.90 Å². The number of H-pyrrole nitrogens is 1. The van der Waals surface area contributed by atoms with Crippen molar-refractivity contribution >= 4 is 16.8 Å². The van der Waals surface area contributed by atoms with Crippen molar-refractivity contribution in [2.75, 3.05) is 13.1 Å². The number of nitrogens with zero attached hydrogens (tertiary/aromatic N) is 3. The molecule has 0 saturated carbocycles. The van der Waals surface area contributed by atoms with Crippen LogP contribution in [0.25, 0.3) is 10.9 Å². The van der Waals surface area contributed by atoms with Crippen LogP contribution >= 0.6 is 0 Å². The number of fused-ring (bicyclic) bond motifs is 1. The molecule has 3 heterocycles. The largest absolute Gasteiger partial charge is 0.391 e. The lowest BCUT2D eigenvalue weighted by Crippen LogP contribution is -2.30. The van der Waals surface area contributed by atoms with Crippen LogP contribution < -0.4 is 0 Å². The molecule has 1 aliphatic rings. The average molecular weight is 364 g/mol. The number of amides is 1. The summed E-state index contributed by atoms with van der Waals surface area (Å²) in [5, 5.41) is 18.7. The SMILES string of the molecule is CCc1[nH]nc(C(=O)N2CC(O)C(Cc3ccc4ccccc4n3)C2)c1C. The van der Waals surface area contributed by atoms with E-state index in [0.717, 1.165) is 34.3 Å². The first kappa shape index (κ1) is 17.7. The molecule has 1 amide bonds. The Hall–Kier alpha value is -2.73. The fraction of sp³-hybridized carbons (Fsp3) is 0.381. The molecule has 0 aliphatic carbocycles. The number of aryl methyl sites for hydroxylation is 1. The molecule has 6 nitrogen and oxygen atoms in total. The van der Waals surface area contributed by atoms with E-state index < -0.39 is 6.10 Å². The number of nitrogens with one attached hydrogen (secondary N) is 1. The molecule has 2 aromatic heterocycles. The first-order chi connectivity index (χ1) is 13.1. The zero-order valence-corrected chi connectivity index (χ0v) is 15.6. The molecule has 4 rings (SSSR count). The van der Waals surface area contributed by atoms with Crippen LogP contribution in [0, 0.1) is 12.8 Å². The molecular weight excluding hydrogens is 340 g/mol. The van der Waals surface area contributed by atoms with E-state index in [0.29, 0.717) is 25.2 Å². The average Bonchev–Trinajstić information content (AvgIpc) is 3.23. The molecule has 6 heteroatoms. The number of aliphatic hydroxyl groups excluding tert-OH is 1. The van der Waals surface area contributed by atoms with Gasteiger partial charge in [0.2, 0.25) is 0 Å². The lowest BCUT2D eigenvalue weighted by atomic mass is 9.99. The zero-order chi connectivity index (χ0) is 19.0. The summed E-state index contributed by atoms with van der Waals surface area (Å²) < 4.78 is 0. The van der Waals surface area contributed by atoms with Crippen molar-refractivity contribution in [1.82, 2.24) is 20.1 Å². The highest BCUT2D eigenvalue weighted by molar-refractivity contribution is 5.94. The lowest BCUT2D eigenvalue weighted by molar-refractivity contribution is 0.0758. The number of β-amino-alcohol motifs (C(OH)–C–C–N with tert-alkyl or cyclic N) is 1. The molecule has 27 heavy (non-hydrogen) atoms. The number of para-hydroxylation sites is 1. The Balaban J connectivity index is 1.48. The van der Waals surface area contributed by atoms with E-state index in [1.807, 2.05) is 44.2 Å². The van der Waals surface area contributed by atoms with E-state index in [9.17, 15) is 9.90 Å². The highest BCUT2D eigenvalue weighted by Crippen LogP contribution is 2.24. The van der Waals surface area contributed by atoms with E-state index >= 15 is 0 Å². The van der Waals surface area contributed by atoms with Crippen LogP contribution in [0.3, 0.4) is 0 Å². The monoisotopic (exact) mass is 364 g/mol. The van der Waals surface area contributed by atoms with Gasteiger partial charge in [-0.15, -0.1) is 0 Å². The van der Waals surface area contributed by atoms with Gasteiger partial charge < -0.3 is 10.0 Å². The Kier molecular flexibility index (Phi) is 4.66. The Morgan fingerprint density at radius 3 is 2.85 bits per heavy atom. The summed E-state index contributed by atoms with van der Waals surface area (Å²) in [5.74, 6) is -0.135. The third-order valence-electron chi connectivity index (χ3n) is 5.49. The van der Waals surface area contributed by atoms with Crippen molar-refractivity contribution in [1.29, 1.82) is 0 Å². The maximum absolute atomic E-state index is 12.8. The number of carbonyl (C=O) groups is 1. The predicted molar refractivity (Wildman–Crippen MR) is 104 cm³/mol. The van der Waals surface area contributed by atoms with E-state index in [4.69, 9.17) is 4.98 Å². The Morgan fingerprint density at radius 2 is 2.07 bits per heavy atom. The normalized spacial score (nSPS) is 19.7. The molecule has 3 aromatic rings. The summed E-state index contributed by atoms with van der Waals surface area (Å²) in [6, 6.07) is 12.1. The maximum Gasteiger partial charge on any atom is 0.274 e. The minimum absolute atomic E-state index is 0.0208. The van der Waals surface area contributed by atoms with Crippen molar-refractivity contribution in [3.63, 3.8) is 0 Å². The summed E-state index contributed by atoms with van der Waals surface area (Å²) in [7, 11) is 0. The van der Waals surface area contributed by atoms with Crippen LogP contribution in [0.5, 0.6) is 0 Å². The van der Waals surface area contributed by atoms with Crippen LogP contribution in [0.15, 0.2) is 36.4 Å². The third-order valence-corrected chi connectivity index (χ3v) is 5.49. The maximum atomic E-state index is 12.8. The quantitative estimate of drug-likeness (QED) is 0.745. The Bertz CT molecular complexity index is 981. The Labute approximate surface area is 158 Å². The molecule has 1 aliphatic heterocycles. The van der Waals surface area contributed by atoms with Gasteiger partial charge in [-0.2, -0.15) is 5.10 Å². The van der Waals surface area contributed by atoms with Gasteiger partial charge in [0.05, 0.1) is 11.6 Å². The van der Waals surface area contributed by atoms with E-state index in [2.05, 4.69) is 16.3 Å². The fourth-order valence-electron chi connectivity index (χ4n) is 3.85. The second-order valence-corrected chi connectivity index (χ2v) is 7.27. The third kappa shape index (κ3) is 3.32. The van der Waals surface area contributed by atoms with Gasteiger partial charge in [0.15, 0.2) is 5.69 Å². The smallest absolute Gasteiger partial charge is 0.274 e. The highest BCUT2D eigenvalue weighted by Gasteiger charge is 2.36. The summed E-state index contributed by atoms with van der Waals surface area (Å²) >= 11 is 0. The van der Waals surface area contributed by atoms with Crippen molar-refractivity contribution in [2.45, 2.75) is 32.8 Å². The number of hydrogen-bond donors (Lipinski definition) is 2. The first-order valence-electron chi connectivity index (χ1n) is 9.42. The number of carbonyl (C=O) groups excluding carboxylic acids is 1. The minimum atomic E-state index is -0.549. The predicted octanol–water partition coefficient (Wildman–Crippen LogP) is 2.50. The van der Waals surface area contributed by atoms with Crippen molar-refractivity contribution < 1.29 is 9.90 Å². The molecule has 2 N–H and O–H groups in total. The zero-order valence-electron chi connectivity index (χ0n) is 15.6. The number of aromatic nitrogens is 3. The van der Waals surface area contributed by atoms with Crippen LogP contribution in [0.4, 0.5) is 0 Å². The lowest BCUT2D eigenvalue weighted by Gasteiger charge is -2.15. The number of hydrogen-bond acceptors (Lipinski definition) is 4. The van der Waals surface area contributed by atoms with Crippen molar-refractivity contribution in [3.8, 4) is 0 Å². The molecular formula is C21H24N4O2. The van der Waals surface area contributed by atoms with Gasteiger partial charge in [0, 0.05) is 41.3 Å². The number of rotatable bonds is 4. The summed E-state index contributed by atoms with van der Waals surface area (Å²) in [6.45, 7) is 4.80. The number of aromatic amines is 1. The molecule has 0 radical (unpaired) electrons. The van der Waals surface area contributed by atoms with Gasteiger partial charge in [-0.1, -0.05) is 31.2 Å². The number of pyridine rings is 1. The summed E-state index contributed by atoms with van der Waals surface area (Å²) in [6.07, 6.45) is 0.910. The van der Waals surface area contributed by atoms with Gasteiger partial charge >= 0.3 is 0 Å². The number of benzene rings is 1. The van der Waals surface area contributed by atoms with Gasteiger partial charge in [-0.25, -0.2) is 0 Å². The van der Waals surface area contributed by atoms with Gasteiger partial charge in [-0.05, 0) is 31.9 Å². The van der Waals surface area contributed by atoms with Gasteiger partial charge in [0.1, 0.15) is 0 Å². The molecule has 1 aromatic carbocycles. The summed E-state index contributed by atoms with van der Waals surface area (Å²) in [5.41, 5.74) is 4.24. The van der Waals surface area contributed by atoms with Crippen molar-refractivity contribution in [2.24, 2.45) is 5.92 Å². The molecule has 1 saturated heterocycles. The molecule has 2 unspecified atom stereocenters. The van der Waals surface area contributed by atoms with Crippen LogP contribution in [0.2, 0.25) is 0 Å². The van der Waals surface area contributed by atoms with Gasteiger partial charge in [-0.3, -0.25) is 14.9 Å². The molecule has 2 atom stereocenters. The molecule has 1 fully saturated rings. The fourth-order valence-corrected chi connectivity index (χ4v) is 3.85. The highest BCUT2D eigenvalue weighted by atomic mass is 16.3. The van der Waals surface area contributed by atoms with Crippen LogP contribution in [-0.4, -0.2) is 50.3 Å². The minimum Gasteiger partial charge on any atom is -0.391 e. The molecule has 0 bridgehead atoms. The number of aliphatic hydroxyl groups is 1. The van der Waals surface area contributed by atoms with Crippen LogP contribution in [0.1, 0.15) is 34.4 Å². The topological polar surface area (TPSA) is 82.1 Å². The number of likely N-dealkylation sites (tertiary alicyclic amines) is 1. The second kappa shape index (κ2) is 7.12. The first-order valence-corrected chi connectivity index (χ1v) is 9.42. The van der Waals surface area contributed by atoms with E-state index in [1.165, 1.54) is 0 Å². The molecule has 0 spiro atoms. The second-order valence-electron chi connectivity index (χ2n) is 7.27. The van der Waals surface area contributed by atoms with E-state index in [-0.39, 0.29) is 11.8 Å². The molecule has 140 valence electrons. The van der Waals surface area contributed by atoms with Gasteiger partial charge in [0.25, 0.3) is 5.91 Å². The van der Waals surface area contributed by atoms with Crippen molar-refractivity contribution in [3.05, 3.63) is 59.0 Å².